The first-order valence-corrected chi connectivity index (χ1v) is 8.56. The molecule has 0 aliphatic carbocycles. The van der Waals surface area contributed by atoms with E-state index in [4.69, 9.17) is 5.11 Å². The molecule has 0 amide bonds. The fourth-order valence-electron chi connectivity index (χ4n) is 2.17. The number of hydrogen-bond donors (Lipinski definition) is 4. The molecule has 0 saturated carbocycles. The SMILES string of the molecule is CC/C=C/C[C@H](O)[C@@H](O)/C=C/[C@@H](O)CCCCCCCC(=O)O. The van der Waals surface area contributed by atoms with Crippen LogP contribution < -0.4 is 0 Å². The molecule has 134 valence electrons. The minimum absolute atomic E-state index is 0.221. The molecule has 0 aliphatic rings. The van der Waals surface area contributed by atoms with Crippen LogP contribution >= 0.6 is 0 Å². The highest BCUT2D eigenvalue weighted by atomic mass is 16.4. The van der Waals surface area contributed by atoms with Crippen molar-refractivity contribution in [3.63, 3.8) is 0 Å². The maximum absolute atomic E-state index is 10.3. The molecule has 0 aromatic heterocycles. The first-order valence-electron chi connectivity index (χ1n) is 8.56. The van der Waals surface area contributed by atoms with Crippen LogP contribution in [0.25, 0.3) is 0 Å². The second kappa shape index (κ2) is 14.4. The van der Waals surface area contributed by atoms with E-state index in [-0.39, 0.29) is 6.42 Å². The van der Waals surface area contributed by atoms with Crippen LogP contribution in [0.5, 0.6) is 0 Å². The van der Waals surface area contributed by atoms with Gasteiger partial charge in [-0.1, -0.05) is 56.9 Å². The second-order valence-corrected chi connectivity index (χ2v) is 5.83. The molecule has 0 rings (SSSR count). The Bertz CT molecular complexity index is 351. The van der Waals surface area contributed by atoms with E-state index in [0.717, 1.165) is 32.1 Å². The summed E-state index contributed by atoms with van der Waals surface area (Å²) in [7, 11) is 0. The number of aliphatic hydroxyl groups is 3. The van der Waals surface area contributed by atoms with Gasteiger partial charge in [-0.2, -0.15) is 0 Å². The summed E-state index contributed by atoms with van der Waals surface area (Å²) in [5.41, 5.74) is 0. The molecule has 0 aliphatic heterocycles. The van der Waals surface area contributed by atoms with Crippen molar-refractivity contribution < 1.29 is 25.2 Å². The molecule has 0 fully saturated rings. The third kappa shape index (κ3) is 14.2. The number of unbranched alkanes of at least 4 members (excludes halogenated alkanes) is 4. The van der Waals surface area contributed by atoms with Crippen LogP contribution in [0.4, 0.5) is 0 Å². The zero-order valence-electron chi connectivity index (χ0n) is 14.1. The van der Waals surface area contributed by atoms with Gasteiger partial charge < -0.3 is 20.4 Å². The lowest BCUT2D eigenvalue weighted by atomic mass is 10.0. The summed E-state index contributed by atoms with van der Waals surface area (Å²) >= 11 is 0. The van der Waals surface area contributed by atoms with E-state index in [9.17, 15) is 20.1 Å². The largest absolute Gasteiger partial charge is 0.481 e. The van der Waals surface area contributed by atoms with E-state index in [1.54, 1.807) is 0 Å². The van der Waals surface area contributed by atoms with Crippen LogP contribution in [0.2, 0.25) is 0 Å². The summed E-state index contributed by atoms with van der Waals surface area (Å²) in [6.07, 6.45) is 10.8. The highest BCUT2D eigenvalue weighted by molar-refractivity contribution is 5.66. The van der Waals surface area contributed by atoms with Gasteiger partial charge in [0.15, 0.2) is 0 Å². The van der Waals surface area contributed by atoms with Crippen LogP contribution in [-0.2, 0) is 4.79 Å². The molecule has 0 radical (unpaired) electrons. The average molecular weight is 328 g/mol. The Balaban J connectivity index is 3.72. The van der Waals surface area contributed by atoms with Crippen molar-refractivity contribution >= 4 is 5.97 Å². The second-order valence-electron chi connectivity index (χ2n) is 5.83. The molecule has 0 aromatic carbocycles. The summed E-state index contributed by atoms with van der Waals surface area (Å²) in [4.78, 5) is 10.3. The van der Waals surface area contributed by atoms with Gasteiger partial charge in [0.1, 0.15) is 0 Å². The standard InChI is InChI=1S/C18H32O5/c1-2-3-7-11-16(20)17(21)14-13-15(19)10-8-5-4-6-9-12-18(22)23/h3,7,13-17,19-21H,2,4-6,8-12H2,1H3,(H,22,23)/b7-3+,14-13+/t15-,16-,17-/m0/s1. The summed E-state index contributed by atoms with van der Waals surface area (Å²) < 4.78 is 0. The van der Waals surface area contributed by atoms with Crippen LogP contribution in [0.15, 0.2) is 24.3 Å². The van der Waals surface area contributed by atoms with Gasteiger partial charge >= 0.3 is 5.97 Å². The Kier molecular flexibility index (Phi) is 13.7. The molecule has 3 atom stereocenters. The van der Waals surface area contributed by atoms with E-state index in [1.807, 2.05) is 19.1 Å². The zero-order valence-corrected chi connectivity index (χ0v) is 14.1. The predicted octanol–water partition coefficient (Wildman–Crippen LogP) is 2.80. The topological polar surface area (TPSA) is 98.0 Å². The molecule has 0 heterocycles. The summed E-state index contributed by atoms with van der Waals surface area (Å²) in [5.74, 6) is -0.753. The number of rotatable bonds is 14. The van der Waals surface area contributed by atoms with E-state index < -0.39 is 24.3 Å². The number of hydrogen-bond acceptors (Lipinski definition) is 4. The van der Waals surface area contributed by atoms with E-state index in [0.29, 0.717) is 19.3 Å². The first kappa shape index (κ1) is 21.8. The van der Waals surface area contributed by atoms with Crippen molar-refractivity contribution in [1.29, 1.82) is 0 Å². The van der Waals surface area contributed by atoms with Crippen LogP contribution in [0, 0.1) is 0 Å². The van der Waals surface area contributed by atoms with E-state index >= 15 is 0 Å². The van der Waals surface area contributed by atoms with Gasteiger partial charge in [-0.3, -0.25) is 4.79 Å². The van der Waals surface area contributed by atoms with Crippen molar-refractivity contribution in [2.45, 2.75) is 83.0 Å². The van der Waals surface area contributed by atoms with Crippen LogP contribution in [0.1, 0.15) is 64.7 Å². The molecule has 0 spiro atoms. The van der Waals surface area contributed by atoms with Gasteiger partial charge in [-0.15, -0.1) is 0 Å². The Morgan fingerprint density at radius 2 is 1.61 bits per heavy atom. The van der Waals surface area contributed by atoms with Gasteiger partial charge in [-0.25, -0.2) is 0 Å². The average Bonchev–Trinajstić information content (AvgIpc) is 2.51. The van der Waals surface area contributed by atoms with Gasteiger partial charge in [0.25, 0.3) is 0 Å². The third-order valence-electron chi connectivity index (χ3n) is 3.60. The quantitative estimate of drug-likeness (QED) is 0.290. The van der Waals surface area contributed by atoms with E-state index in [2.05, 4.69) is 0 Å². The van der Waals surface area contributed by atoms with Gasteiger partial charge in [0.05, 0.1) is 18.3 Å². The lowest BCUT2D eigenvalue weighted by Gasteiger charge is -2.13. The summed E-state index contributed by atoms with van der Waals surface area (Å²) in [5, 5.41) is 37.8. The van der Waals surface area contributed by atoms with Crippen molar-refractivity contribution in [2.24, 2.45) is 0 Å². The number of allylic oxidation sites excluding steroid dienone is 1. The third-order valence-corrected chi connectivity index (χ3v) is 3.60. The predicted molar refractivity (Wildman–Crippen MR) is 91.2 cm³/mol. The summed E-state index contributed by atoms with van der Waals surface area (Å²) in [6.45, 7) is 2.00. The van der Waals surface area contributed by atoms with Crippen molar-refractivity contribution in [1.82, 2.24) is 0 Å². The minimum Gasteiger partial charge on any atom is -0.481 e. The van der Waals surface area contributed by atoms with Gasteiger partial charge in [-0.05, 0) is 25.7 Å². The molecule has 0 saturated heterocycles. The van der Waals surface area contributed by atoms with E-state index in [1.165, 1.54) is 12.2 Å². The Hall–Kier alpha value is -1.17. The Morgan fingerprint density at radius 3 is 2.26 bits per heavy atom. The molecule has 5 nitrogen and oxygen atoms in total. The Morgan fingerprint density at radius 1 is 0.957 bits per heavy atom. The molecule has 0 bridgehead atoms. The fraction of sp³-hybridized carbons (Fsp3) is 0.722. The fourth-order valence-corrected chi connectivity index (χ4v) is 2.17. The number of carboxylic acid groups (broad SMARTS) is 1. The molecule has 0 unspecified atom stereocenters. The molecule has 0 aromatic rings. The molecule has 4 N–H and O–H groups in total. The normalized spacial score (nSPS) is 16.0. The molecular formula is C18H32O5. The molecule has 23 heavy (non-hydrogen) atoms. The maximum atomic E-state index is 10.3. The van der Waals surface area contributed by atoms with Crippen molar-refractivity contribution in [2.75, 3.05) is 0 Å². The highest BCUT2D eigenvalue weighted by Crippen LogP contribution is 2.10. The monoisotopic (exact) mass is 328 g/mol. The molecular weight excluding hydrogens is 296 g/mol. The van der Waals surface area contributed by atoms with Crippen molar-refractivity contribution in [3.05, 3.63) is 24.3 Å². The number of carbonyl (C=O) groups is 1. The smallest absolute Gasteiger partial charge is 0.303 e. The Labute approximate surface area is 139 Å². The highest BCUT2D eigenvalue weighted by Gasteiger charge is 2.11. The zero-order chi connectivity index (χ0) is 17.5. The van der Waals surface area contributed by atoms with Gasteiger partial charge in [0, 0.05) is 6.42 Å². The lowest BCUT2D eigenvalue weighted by molar-refractivity contribution is -0.137. The van der Waals surface area contributed by atoms with Crippen LogP contribution in [-0.4, -0.2) is 44.7 Å². The first-order chi connectivity index (χ1) is 11.0. The summed E-state index contributed by atoms with van der Waals surface area (Å²) in [6, 6.07) is 0. The minimum atomic E-state index is -0.970. The van der Waals surface area contributed by atoms with Gasteiger partial charge in [0.2, 0.25) is 0 Å². The number of aliphatic carboxylic acids is 1. The van der Waals surface area contributed by atoms with Crippen LogP contribution in [0.3, 0.4) is 0 Å². The number of aliphatic hydroxyl groups excluding tert-OH is 3. The maximum Gasteiger partial charge on any atom is 0.303 e. The van der Waals surface area contributed by atoms with Crippen molar-refractivity contribution in [3.8, 4) is 0 Å². The molecule has 5 heteroatoms. The lowest BCUT2D eigenvalue weighted by Crippen LogP contribution is -2.23. The number of carboxylic acids is 1.